The Hall–Kier alpha value is 0.969. The van der Waals surface area contributed by atoms with E-state index in [-0.39, 0.29) is 37.2 Å². The summed E-state index contributed by atoms with van der Waals surface area (Å²) in [6.45, 7) is 0. The Balaban J connectivity index is -0.0000000450. The molecule has 0 spiro atoms. The molecule has 1 atom stereocenters. The van der Waals surface area contributed by atoms with E-state index in [0.29, 0.717) is 0 Å². The quantitative estimate of drug-likeness (QED) is 0.384. The molecule has 0 aromatic carbocycles. The van der Waals surface area contributed by atoms with Crippen LogP contribution in [0.15, 0.2) is 0 Å². The second-order valence-electron chi connectivity index (χ2n) is 0.283. The van der Waals surface area contributed by atoms with E-state index in [2.05, 4.69) is 0 Å². The van der Waals surface area contributed by atoms with E-state index in [0.717, 1.165) is 0 Å². The summed E-state index contributed by atoms with van der Waals surface area (Å²) in [5.41, 5.74) is 0. The molecular formula is H7O3PPbSi. The van der Waals surface area contributed by atoms with Gasteiger partial charge in [-0.15, -0.1) is 0 Å². The molecule has 0 aliphatic rings. The third kappa shape index (κ3) is 83.4. The molecule has 0 aromatic heterocycles. The maximum absolute atomic E-state index is 8.74. The van der Waals surface area contributed by atoms with E-state index < -0.39 is 9.17 Å². The van der Waals surface area contributed by atoms with Gasteiger partial charge >= 0.3 is 36.5 Å². The summed E-state index contributed by atoms with van der Waals surface area (Å²) in [5.74, 6) is 0. The van der Waals surface area contributed by atoms with E-state index in [9.17, 15) is 0 Å². The number of hydrogen-bond acceptors (Lipinski definition) is 1. The molecule has 0 heterocycles. The zero-order chi connectivity index (χ0) is 3.58. The third-order valence-corrected chi connectivity index (χ3v) is 0. The zero-order valence-electron chi connectivity index (χ0n) is 3.22. The van der Waals surface area contributed by atoms with Crippen molar-refractivity contribution in [1.29, 1.82) is 0 Å². The van der Waals surface area contributed by atoms with Crippen LogP contribution in [-0.2, 0) is 4.46 Å². The minimum absolute atomic E-state index is 0. The molecule has 0 fully saturated rings. The van der Waals surface area contributed by atoms with E-state index in [1.54, 1.807) is 0 Å². The van der Waals surface area contributed by atoms with Crippen LogP contribution in [-0.4, -0.2) is 46.1 Å². The van der Waals surface area contributed by atoms with Crippen LogP contribution in [0.25, 0.3) is 0 Å². The second-order valence-corrected chi connectivity index (χ2v) is 0.848. The molecule has 0 saturated carbocycles. The van der Waals surface area contributed by atoms with Crippen LogP contribution in [0.4, 0.5) is 0 Å². The molecular weight excluding hydrogens is 314 g/mol. The number of rotatable bonds is 0. The van der Waals surface area contributed by atoms with Crippen molar-refractivity contribution in [2.24, 2.45) is 0 Å². The summed E-state index contributed by atoms with van der Waals surface area (Å²) in [5, 5.41) is 0. The summed E-state index contributed by atoms with van der Waals surface area (Å²) in [4.78, 5) is 14.3. The average Bonchev–Trinajstić information content (AvgIpc) is 0.811. The first-order valence-electron chi connectivity index (χ1n) is 0.651. The molecule has 38 valence electrons. The zero-order valence-corrected chi connectivity index (χ0v) is 11.1. The van der Waals surface area contributed by atoms with Gasteiger partial charge in [-0.2, -0.15) is 9.90 Å². The molecule has 3 nitrogen and oxygen atoms in total. The molecule has 0 aliphatic heterocycles. The summed E-state index contributed by atoms with van der Waals surface area (Å²) < 4.78 is 8.74. The summed E-state index contributed by atoms with van der Waals surface area (Å²) in [6.07, 6.45) is 0. The Morgan fingerprint density at radius 3 is 1.33 bits per heavy atom. The van der Waals surface area contributed by atoms with Gasteiger partial charge < -0.3 is 9.59 Å². The molecule has 0 saturated heterocycles. The van der Waals surface area contributed by atoms with Gasteiger partial charge in [0.2, 0.25) is 0 Å². The Morgan fingerprint density at radius 2 is 1.33 bits per heavy atom. The third-order valence-electron chi connectivity index (χ3n) is 0. The molecule has 1 unspecified atom stereocenters. The van der Waals surface area contributed by atoms with Crippen molar-refractivity contribution in [1.82, 2.24) is 0 Å². The first kappa shape index (κ1) is 15.8. The summed E-state index contributed by atoms with van der Waals surface area (Å²) >= 11 is 0. The molecule has 0 bridgehead atoms. The first-order valence-corrected chi connectivity index (χ1v) is 1.95. The molecule has 2 radical (unpaired) electrons. The van der Waals surface area contributed by atoms with Crippen LogP contribution < -0.4 is 0 Å². The summed E-state index contributed by atoms with van der Waals surface area (Å²) in [6, 6.07) is 0. The topological polar surface area (TPSA) is 57.5 Å². The molecule has 2 N–H and O–H groups in total. The summed E-state index contributed by atoms with van der Waals surface area (Å²) in [7, 11) is -3.13. The van der Waals surface area contributed by atoms with Crippen LogP contribution in [0.1, 0.15) is 0 Å². The van der Waals surface area contributed by atoms with E-state index >= 15 is 0 Å². The van der Waals surface area contributed by atoms with Crippen LogP contribution in [0.3, 0.4) is 0 Å². The SMILES string of the molecule is O=[Si](O)O.P.[PbH2]. The van der Waals surface area contributed by atoms with Gasteiger partial charge in [0.05, 0.1) is 0 Å². The average molecular weight is 321 g/mol. The number of hydrogen-bond donors (Lipinski definition) is 2. The first-order chi connectivity index (χ1) is 1.73. The fourth-order valence-electron chi connectivity index (χ4n) is 0. The van der Waals surface area contributed by atoms with E-state index in [1.807, 2.05) is 0 Å². The molecule has 0 aliphatic carbocycles. The second kappa shape index (κ2) is 9.36. The van der Waals surface area contributed by atoms with Crippen LogP contribution in [0, 0.1) is 0 Å². The standard InChI is InChI=1S/H2O3Si.H3P.Pb.2H/c1-4(2)3;;;;/h1-2H;1H3;;;. The van der Waals surface area contributed by atoms with Crippen LogP contribution in [0.5, 0.6) is 0 Å². The molecule has 6 heteroatoms. The normalized spacial score (nSPS) is 4.00. The van der Waals surface area contributed by atoms with E-state index in [4.69, 9.17) is 14.1 Å². The van der Waals surface area contributed by atoms with Gasteiger partial charge in [-0.1, -0.05) is 0 Å². The van der Waals surface area contributed by atoms with Gasteiger partial charge in [-0.25, -0.2) is 0 Å². The Morgan fingerprint density at radius 1 is 1.33 bits per heavy atom. The van der Waals surface area contributed by atoms with Gasteiger partial charge in [0.15, 0.2) is 0 Å². The van der Waals surface area contributed by atoms with Crippen molar-refractivity contribution < 1.29 is 14.1 Å². The molecule has 0 aromatic rings. The van der Waals surface area contributed by atoms with Gasteiger partial charge in [0.1, 0.15) is 0 Å². The fourth-order valence-corrected chi connectivity index (χ4v) is 0. The van der Waals surface area contributed by atoms with Crippen LogP contribution >= 0.6 is 9.90 Å². The van der Waals surface area contributed by atoms with Crippen molar-refractivity contribution in [3.8, 4) is 0 Å². The monoisotopic (exact) mass is 322 g/mol. The predicted octanol–water partition coefficient (Wildman–Crippen LogP) is -2.47. The predicted molar refractivity (Wildman–Crippen MR) is 30.5 cm³/mol. The Bertz CT molecular complexity index is 33.8. The molecule has 0 rings (SSSR count). The molecule has 0 amide bonds. The van der Waals surface area contributed by atoms with Crippen molar-refractivity contribution in [2.45, 2.75) is 0 Å². The van der Waals surface area contributed by atoms with Crippen LogP contribution in [0.2, 0.25) is 0 Å². The van der Waals surface area contributed by atoms with Crippen molar-refractivity contribution >= 4 is 46.4 Å². The van der Waals surface area contributed by atoms with E-state index in [1.165, 1.54) is 0 Å². The Labute approximate surface area is 60.4 Å². The minimum atomic E-state index is -3.13. The van der Waals surface area contributed by atoms with Gasteiger partial charge in [0.25, 0.3) is 0 Å². The van der Waals surface area contributed by atoms with Gasteiger partial charge in [-0.05, 0) is 0 Å². The fraction of sp³-hybridized carbons (Fsp3) is 0. The Kier molecular flexibility index (Phi) is 24.6. The van der Waals surface area contributed by atoms with Crippen molar-refractivity contribution in [2.75, 3.05) is 0 Å². The van der Waals surface area contributed by atoms with Crippen molar-refractivity contribution in [3.63, 3.8) is 0 Å². The van der Waals surface area contributed by atoms with Gasteiger partial charge in [-0.3, -0.25) is 4.46 Å². The molecule has 6 heavy (non-hydrogen) atoms. The van der Waals surface area contributed by atoms with Gasteiger partial charge in [0, 0.05) is 0 Å². The van der Waals surface area contributed by atoms with Crippen molar-refractivity contribution in [3.05, 3.63) is 0 Å². The maximum atomic E-state index is 8.74.